The van der Waals surface area contributed by atoms with Crippen molar-refractivity contribution < 1.29 is 24.2 Å². The Morgan fingerprint density at radius 2 is 2.45 bits per heavy atom. The highest BCUT2D eigenvalue weighted by molar-refractivity contribution is 5.81. The molecule has 0 saturated carbocycles. The van der Waals surface area contributed by atoms with Crippen molar-refractivity contribution in [1.29, 1.82) is 0 Å². The number of rotatable bonds is 2. The predicted molar refractivity (Wildman–Crippen MR) is 32.9 cm³/mol. The molecule has 5 nitrogen and oxygen atoms in total. The van der Waals surface area contributed by atoms with Crippen LogP contribution in [-0.2, 0) is 14.3 Å². The summed E-state index contributed by atoms with van der Waals surface area (Å²) in [6.45, 7) is 1.16. The standard InChI is InChI=1S/C6H8O5/c1-3(7)5(8)4-2-10-6(9)11-4/h4-5,8H,2H2,1H3. The number of Topliss-reactive ketones (excluding diaryl/α,β-unsaturated/α-hetero) is 1. The second kappa shape index (κ2) is 2.87. The number of ether oxygens (including phenoxy) is 2. The lowest BCUT2D eigenvalue weighted by Crippen LogP contribution is -2.34. The number of cyclic esters (lactones) is 2. The molecule has 0 spiro atoms. The van der Waals surface area contributed by atoms with E-state index < -0.39 is 24.1 Å². The highest BCUT2D eigenvalue weighted by atomic mass is 16.8. The van der Waals surface area contributed by atoms with Gasteiger partial charge in [-0.15, -0.1) is 0 Å². The Balaban J connectivity index is 2.49. The van der Waals surface area contributed by atoms with Crippen molar-refractivity contribution in [3.05, 3.63) is 0 Å². The third kappa shape index (κ3) is 1.68. The maximum absolute atomic E-state index is 10.5. The summed E-state index contributed by atoms with van der Waals surface area (Å²) in [4.78, 5) is 20.9. The van der Waals surface area contributed by atoms with Gasteiger partial charge >= 0.3 is 6.16 Å². The quantitative estimate of drug-likeness (QED) is 0.550. The van der Waals surface area contributed by atoms with Crippen LogP contribution in [0.3, 0.4) is 0 Å². The molecule has 2 atom stereocenters. The number of carbonyl (C=O) groups excluding carboxylic acids is 2. The number of aliphatic hydroxyl groups excluding tert-OH is 1. The highest BCUT2D eigenvalue weighted by Gasteiger charge is 2.33. The van der Waals surface area contributed by atoms with Crippen molar-refractivity contribution >= 4 is 11.9 Å². The maximum atomic E-state index is 10.5. The van der Waals surface area contributed by atoms with E-state index in [4.69, 9.17) is 5.11 Å². The number of hydrogen-bond acceptors (Lipinski definition) is 5. The lowest BCUT2D eigenvalue weighted by molar-refractivity contribution is -0.129. The average molecular weight is 160 g/mol. The molecule has 1 aliphatic rings. The molecule has 2 unspecified atom stereocenters. The largest absolute Gasteiger partial charge is 0.508 e. The Hall–Kier alpha value is -1.10. The number of hydrogen-bond donors (Lipinski definition) is 1. The van der Waals surface area contributed by atoms with E-state index in [1.807, 2.05) is 0 Å². The molecule has 1 aliphatic heterocycles. The van der Waals surface area contributed by atoms with E-state index in [1.165, 1.54) is 6.92 Å². The van der Waals surface area contributed by atoms with E-state index in [0.29, 0.717) is 0 Å². The first kappa shape index (κ1) is 8.00. The van der Waals surface area contributed by atoms with E-state index in [9.17, 15) is 9.59 Å². The van der Waals surface area contributed by atoms with Gasteiger partial charge in [0.1, 0.15) is 6.61 Å². The minimum Gasteiger partial charge on any atom is -0.430 e. The smallest absolute Gasteiger partial charge is 0.430 e. The van der Waals surface area contributed by atoms with Crippen molar-refractivity contribution in [2.75, 3.05) is 6.61 Å². The number of ketones is 1. The van der Waals surface area contributed by atoms with Crippen LogP contribution < -0.4 is 0 Å². The van der Waals surface area contributed by atoms with Gasteiger partial charge in [0.15, 0.2) is 18.0 Å². The molecule has 1 saturated heterocycles. The number of carbonyl (C=O) groups is 2. The van der Waals surface area contributed by atoms with Gasteiger partial charge in [0.25, 0.3) is 0 Å². The SMILES string of the molecule is CC(=O)C(O)C1COC(=O)O1. The van der Waals surface area contributed by atoms with E-state index in [2.05, 4.69) is 9.47 Å². The first-order valence-electron chi connectivity index (χ1n) is 3.13. The molecule has 1 rings (SSSR count). The van der Waals surface area contributed by atoms with Gasteiger partial charge < -0.3 is 14.6 Å². The molecule has 0 bridgehead atoms. The normalized spacial score (nSPS) is 25.6. The van der Waals surface area contributed by atoms with Crippen LogP contribution in [0, 0.1) is 0 Å². The van der Waals surface area contributed by atoms with Crippen molar-refractivity contribution in [1.82, 2.24) is 0 Å². The molecular weight excluding hydrogens is 152 g/mol. The molecule has 1 fully saturated rings. The molecule has 0 aromatic heterocycles. The topological polar surface area (TPSA) is 72.8 Å². The summed E-state index contributed by atoms with van der Waals surface area (Å²) in [5, 5.41) is 9.04. The Kier molecular flexibility index (Phi) is 2.09. The van der Waals surface area contributed by atoms with E-state index in [0.717, 1.165) is 0 Å². The lowest BCUT2D eigenvalue weighted by atomic mass is 10.1. The van der Waals surface area contributed by atoms with Crippen LogP contribution in [0.2, 0.25) is 0 Å². The summed E-state index contributed by atoms with van der Waals surface area (Å²) in [7, 11) is 0. The van der Waals surface area contributed by atoms with Crippen LogP contribution in [0.25, 0.3) is 0 Å². The molecule has 1 heterocycles. The molecule has 0 amide bonds. The van der Waals surface area contributed by atoms with E-state index in [-0.39, 0.29) is 6.61 Å². The molecular formula is C6H8O5. The van der Waals surface area contributed by atoms with Gasteiger partial charge in [0, 0.05) is 0 Å². The number of aliphatic hydroxyl groups is 1. The Morgan fingerprint density at radius 1 is 1.82 bits per heavy atom. The summed E-state index contributed by atoms with van der Waals surface area (Å²) in [5.41, 5.74) is 0. The zero-order valence-electron chi connectivity index (χ0n) is 5.94. The lowest BCUT2D eigenvalue weighted by Gasteiger charge is -2.10. The fourth-order valence-electron chi connectivity index (χ4n) is 0.759. The first-order valence-corrected chi connectivity index (χ1v) is 3.13. The third-order valence-electron chi connectivity index (χ3n) is 1.38. The minimum absolute atomic E-state index is 0.0560. The van der Waals surface area contributed by atoms with Crippen LogP contribution in [0.5, 0.6) is 0 Å². The summed E-state index contributed by atoms with van der Waals surface area (Å²) >= 11 is 0. The molecule has 11 heavy (non-hydrogen) atoms. The first-order chi connectivity index (χ1) is 5.11. The van der Waals surface area contributed by atoms with Gasteiger partial charge in [-0.2, -0.15) is 0 Å². The van der Waals surface area contributed by atoms with Crippen LogP contribution in [0.4, 0.5) is 4.79 Å². The Labute approximate surface area is 62.9 Å². The molecule has 0 aromatic carbocycles. The predicted octanol–water partition coefficient (Wildman–Crippen LogP) is -0.528. The maximum Gasteiger partial charge on any atom is 0.508 e. The van der Waals surface area contributed by atoms with Gasteiger partial charge in [-0.3, -0.25) is 4.79 Å². The van der Waals surface area contributed by atoms with Gasteiger partial charge in [-0.25, -0.2) is 4.79 Å². The van der Waals surface area contributed by atoms with Gasteiger partial charge in [-0.05, 0) is 6.92 Å². The Bertz CT molecular complexity index is 187. The van der Waals surface area contributed by atoms with E-state index in [1.54, 1.807) is 0 Å². The van der Waals surface area contributed by atoms with Crippen molar-refractivity contribution in [3.8, 4) is 0 Å². The monoisotopic (exact) mass is 160 g/mol. The van der Waals surface area contributed by atoms with Gasteiger partial charge in [-0.1, -0.05) is 0 Å². The second-order valence-corrected chi connectivity index (χ2v) is 2.27. The van der Waals surface area contributed by atoms with Crippen LogP contribution in [0.15, 0.2) is 0 Å². The summed E-state index contributed by atoms with van der Waals surface area (Å²) in [6.07, 6.45) is -2.93. The third-order valence-corrected chi connectivity index (χ3v) is 1.38. The van der Waals surface area contributed by atoms with E-state index >= 15 is 0 Å². The average Bonchev–Trinajstić information content (AvgIpc) is 2.34. The minimum atomic E-state index is -1.26. The Morgan fingerprint density at radius 3 is 2.82 bits per heavy atom. The second-order valence-electron chi connectivity index (χ2n) is 2.27. The summed E-state index contributed by atoms with van der Waals surface area (Å²) < 4.78 is 8.82. The molecule has 0 aliphatic carbocycles. The zero-order chi connectivity index (χ0) is 8.43. The van der Waals surface area contributed by atoms with Crippen LogP contribution in [0.1, 0.15) is 6.92 Å². The molecule has 5 heteroatoms. The van der Waals surface area contributed by atoms with Crippen molar-refractivity contribution in [3.63, 3.8) is 0 Å². The van der Waals surface area contributed by atoms with Crippen LogP contribution in [-0.4, -0.2) is 35.9 Å². The van der Waals surface area contributed by atoms with Crippen LogP contribution >= 0.6 is 0 Å². The van der Waals surface area contributed by atoms with Gasteiger partial charge in [0.05, 0.1) is 0 Å². The van der Waals surface area contributed by atoms with Crippen molar-refractivity contribution in [2.45, 2.75) is 19.1 Å². The summed E-state index contributed by atoms with van der Waals surface area (Å²) in [5.74, 6) is -0.437. The van der Waals surface area contributed by atoms with Crippen molar-refractivity contribution in [2.24, 2.45) is 0 Å². The van der Waals surface area contributed by atoms with Gasteiger partial charge in [0.2, 0.25) is 0 Å². The zero-order valence-corrected chi connectivity index (χ0v) is 5.94. The summed E-state index contributed by atoms with van der Waals surface area (Å²) in [6, 6.07) is 0. The highest BCUT2D eigenvalue weighted by Crippen LogP contribution is 2.10. The molecule has 1 N–H and O–H groups in total. The molecule has 62 valence electrons. The molecule has 0 radical (unpaired) electrons. The molecule has 0 aromatic rings. The fraction of sp³-hybridized carbons (Fsp3) is 0.667. The fourth-order valence-corrected chi connectivity index (χ4v) is 0.759.